The summed E-state index contributed by atoms with van der Waals surface area (Å²) < 4.78 is 19.3. The van der Waals surface area contributed by atoms with Crippen LogP contribution in [0.25, 0.3) is 5.65 Å². The van der Waals surface area contributed by atoms with Crippen LogP contribution in [-0.4, -0.2) is 27.7 Å². The lowest BCUT2D eigenvalue weighted by Gasteiger charge is -1.99. The molecule has 2 heterocycles. The van der Waals surface area contributed by atoms with Gasteiger partial charge in [0, 0.05) is 6.20 Å². The molecule has 0 aliphatic carbocycles. The summed E-state index contributed by atoms with van der Waals surface area (Å²) in [6, 6.07) is 1.06. The van der Waals surface area contributed by atoms with Crippen molar-refractivity contribution in [3.05, 3.63) is 28.4 Å². The number of methoxy groups -OCH3 is 1. The van der Waals surface area contributed by atoms with Crippen molar-refractivity contribution >= 4 is 27.5 Å². The molecule has 0 saturated heterocycles. The van der Waals surface area contributed by atoms with Gasteiger partial charge in [0.1, 0.15) is 0 Å². The lowest BCUT2D eigenvalue weighted by Crippen LogP contribution is -2.04. The van der Waals surface area contributed by atoms with Crippen LogP contribution in [-0.2, 0) is 4.74 Å². The fraction of sp³-hybridized carbons (Fsp3) is 0.125. The number of rotatable bonds is 1. The van der Waals surface area contributed by atoms with Crippen LogP contribution >= 0.6 is 15.9 Å². The number of aromatic nitrogens is 3. The van der Waals surface area contributed by atoms with Gasteiger partial charge in [-0.05, 0) is 22.0 Å². The lowest BCUT2D eigenvalue weighted by molar-refractivity contribution is 0.0599. The zero-order valence-electron chi connectivity index (χ0n) is 7.57. The van der Waals surface area contributed by atoms with E-state index >= 15 is 0 Å². The minimum Gasteiger partial charge on any atom is -0.465 e. The number of pyridine rings is 1. The van der Waals surface area contributed by atoms with E-state index in [0.717, 1.165) is 6.07 Å². The lowest BCUT2D eigenvalue weighted by atomic mass is 10.3. The second-order valence-electron chi connectivity index (χ2n) is 2.72. The van der Waals surface area contributed by atoms with Crippen LogP contribution in [0.4, 0.5) is 4.39 Å². The molecule has 0 saturated carbocycles. The molecule has 5 nitrogen and oxygen atoms in total. The highest BCUT2D eigenvalue weighted by Crippen LogP contribution is 2.13. The van der Waals surface area contributed by atoms with Crippen LogP contribution in [0, 0.1) is 5.82 Å². The predicted octanol–water partition coefficient (Wildman–Crippen LogP) is 1.42. The molecule has 0 aromatic carbocycles. The molecule has 0 aliphatic heterocycles. The summed E-state index contributed by atoms with van der Waals surface area (Å²) in [5.41, 5.74) is 0.134. The van der Waals surface area contributed by atoms with Crippen molar-refractivity contribution in [2.75, 3.05) is 7.11 Å². The first-order valence-corrected chi connectivity index (χ1v) is 4.71. The van der Waals surface area contributed by atoms with Gasteiger partial charge in [-0.15, -0.1) is 5.10 Å². The van der Waals surface area contributed by atoms with Crippen molar-refractivity contribution in [3.63, 3.8) is 0 Å². The Morgan fingerprint density at radius 2 is 2.40 bits per heavy atom. The Bertz CT molecular complexity index is 540. The van der Waals surface area contributed by atoms with Crippen molar-refractivity contribution in [3.8, 4) is 0 Å². The molecule has 0 radical (unpaired) electrons. The number of carbonyl (C=O) groups excluding carboxylic acids is 1. The van der Waals surface area contributed by atoms with Crippen molar-refractivity contribution in [1.29, 1.82) is 0 Å². The number of hydrogen-bond donors (Lipinski definition) is 0. The molecule has 0 amide bonds. The van der Waals surface area contributed by atoms with Gasteiger partial charge in [0.25, 0.3) is 0 Å². The number of carbonyl (C=O) groups is 1. The van der Waals surface area contributed by atoms with E-state index in [0.29, 0.717) is 0 Å². The molecule has 15 heavy (non-hydrogen) atoms. The Hall–Kier alpha value is -1.50. The molecule has 0 N–H and O–H groups in total. The Labute approximate surface area is 92.0 Å². The van der Waals surface area contributed by atoms with Crippen molar-refractivity contribution in [2.24, 2.45) is 0 Å². The summed E-state index contributed by atoms with van der Waals surface area (Å²) >= 11 is 3.01. The average molecular weight is 274 g/mol. The number of fused-ring (bicyclic) bond motifs is 1. The van der Waals surface area contributed by atoms with Crippen LogP contribution in [0.3, 0.4) is 0 Å². The number of halogens is 2. The fourth-order valence-corrected chi connectivity index (χ4v) is 1.49. The van der Waals surface area contributed by atoms with E-state index in [4.69, 9.17) is 0 Å². The highest BCUT2D eigenvalue weighted by molar-refractivity contribution is 9.10. The van der Waals surface area contributed by atoms with E-state index in [1.807, 2.05) is 0 Å². The maximum atomic E-state index is 13.4. The smallest absolute Gasteiger partial charge is 0.339 e. The van der Waals surface area contributed by atoms with E-state index < -0.39 is 11.8 Å². The second-order valence-corrected chi connectivity index (χ2v) is 3.43. The van der Waals surface area contributed by atoms with E-state index in [1.54, 1.807) is 0 Å². The average Bonchev–Trinajstić information content (AvgIpc) is 2.58. The van der Waals surface area contributed by atoms with E-state index in [-0.39, 0.29) is 15.9 Å². The first-order chi connectivity index (χ1) is 7.11. The third kappa shape index (κ3) is 1.70. The summed E-state index contributed by atoms with van der Waals surface area (Å²) in [5.74, 6) is -1.25. The van der Waals surface area contributed by atoms with Gasteiger partial charge in [0.15, 0.2) is 11.5 Å². The first-order valence-electron chi connectivity index (χ1n) is 3.91. The third-order valence-electron chi connectivity index (χ3n) is 1.78. The van der Waals surface area contributed by atoms with Crippen LogP contribution in [0.15, 0.2) is 17.0 Å². The Balaban J connectivity index is 2.66. The van der Waals surface area contributed by atoms with Gasteiger partial charge in [-0.1, -0.05) is 0 Å². The minimum absolute atomic E-state index is 0.0505. The standard InChI is InChI=1S/C8H5BrFN3O2/c1-15-7(14)4-2-5(10)6-11-8(9)12-13(6)3-4/h2-3H,1H3. The maximum Gasteiger partial charge on any atom is 0.339 e. The summed E-state index contributed by atoms with van der Waals surface area (Å²) in [7, 11) is 1.22. The van der Waals surface area contributed by atoms with Gasteiger partial charge in [0.2, 0.25) is 4.73 Å². The number of esters is 1. The molecule has 7 heteroatoms. The normalized spacial score (nSPS) is 10.6. The molecule has 0 atom stereocenters. The zero-order valence-corrected chi connectivity index (χ0v) is 9.15. The molecule has 0 fully saturated rings. The molecular formula is C8H5BrFN3O2. The Morgan fingerprint density at radius 1 is 1.67 bits per heavy atom. The number of nitrogens with zero attached hydrogens (tertiary/aromatic N) is 3. The SMILES string of the molecule is COC(=O)c1cc(F)c2nc(Br)nn2c1. The largest absolute Gasteiger partial charge is 0.465 e. The molecule has 0 spiro atoms. The minimum atomic E-state index is -0.629. The van der Waals surface area contributed by atoms with Crippen LogP contribution < -0.4 is 0 Å². The molecule has 0 bridgehead atoms. The quantitative estimate of drug-likeness (QED) is 0.738. The highest BCUT2D eigenvalue weighted by atomic mass is 79.9. The van der Waals surface area contributed by atoms with Crippen molar-refractivity contribution < 1.29 is 13.9 Å². The van der Waals surface area contributed by atoms with Crippen molar-refractivity contribution in [2.45, 2.75) is 0 Å². The molecule has 2 aromatic rings. The van der Waals surface area contributed by atoms with Crippen LogP contribution in [0.2, 0.25) is 0 Å². The second kappa shape index (κ2) is 3.58. The summed E-state index contributed by atoms with van der Waals surface area (Å²) in [6.07, 6.45) is 1.35. The molecule has 78 valence electrons. The predicted molar refractivity (Wildman–Crippen MR) is 52.0 cm³/mol. The van der Waals surface area contributed by atoms with Crippen molar-refractivity contribution in [1.82, 2.24) is 14.6 Å². The van der Waals surface area contributed by atoms with E-state index in [2.05, 4.69) is 30.7 Å². The van der Waals surface area contributed by atoms with Gasteiger partial charge in [-0.3, -0.25) is 0 Å². The Kier molecular flexibility index (Phi) is 2.39. The monoisotopic (exact) mass is 273 g/mol. The molecule has 2 aromatic heterocycles. The van der Waals surface area contributed by atoms with Crippen LogP contribution in [0.5, 0.6) is 0 Å². The van der Waals surface area contributed by atoms with Gasteiger partial charge < -0.3 is 4.74 Å². The van der Waals surface area contributed by atoms with Gasteiger partial charge in [-0.25, -0.2) is 13.7 Å². The molecule has 0 unspecified atom stereocenters. The Morgan fingerprint density at radius 3 is 3.07 bits per heavy atom. The first kappa shape index (κ1) is 10.0. The summed E-state index contributed by atoms with van der Waals surface area (Å²) in [5, 5.41) is 3.83. The molecular weight excluding hydrogens is 269 g/mol. The number of ether oxygens (including phenoxy) is 1. The number of hydrogen-bond acceptors (Lipinski definition) is 4. The molecule has 2 rings (SSSR count). The topological polar surface area (TPSA) is 56.5 Å². The highest BCUT2D eigenvalue weighted by Gasteiger charge is 2.13. The van der Waals surface area contributed by atoms with E-state index in [1.165, 1.54) is 17.8 Å². The van der Waals surface area contributed by atoms with Gasteiger partial charge in [-0.2, -0.15) is 4.98 Å². The maximum absolute atomic E-state index is 13.4. The third-order valence-corrected chi connectivity index (χ3v) is 2.12. The van der Waals surface area contributed by atoms with Crippen LogP contribution in [0.1, 0.15) is 10.4 Å². The van der Waals surface area contributed by atoms with Gasteiger partial charge >= 0.3 is 5.97 Å². The molecule has 0 aliphatic rings. The summed E-state index contributed by atoms with van der Waals surface area (Å²) in [4.78, 5) is 14.9. The van der Waals surface area contributed by atoms with E-state index in [9.17, 15) is 9.18 Å². The van der Waals surface area contributed by atoms with Gasteiger partial charge in [0.05, 0.1) is 12.7 Å². The zero-order chi connectivity index (χ0) is 11.0. The fourth-order valence-electron chi connectivity index (χ4n) is 1.15. The summed E-state index contributed by atoms with van der Waals surface area (Å²) in [6.45, 7) is 0.